The molecule has 0 aromatic heterocycles. The summed E-state index contributed by atoms with van der Waals surface area (Å²) in [6, 6.07) is 9.64. The highest BCUT2D eigenvalue weighted by atomic mass is 32.2. The molecule has 9 heteroatoms. The number of benzene rings is 2. The van der Waals surface area contributed by atoms with E-state index < -0.39 is 23.5 Å². The fourth-order valence-corrected chi connectivity index (χ4v) is 6.61. The number of aliphatic imine (C=N–C) groups is 1. The monoisotopic (exact) mass is 811 g/mol. The molecule has 0 saturated carbocycles. The Morgan fingerprint density at radius 3 is 1.71 bits per heavy atom. The third-order valence-electron chi connectivity index (χ3n) is 8.87. The molecule has 0 aliphatic rings. The maximum absolute atomic E-state index is 13.3. The number of hydrogen-bond donors (Lipinski definition) is 1. The number of anilines is 1. The molecule has 0 unspecified atom stereocenters. The SMILES string of the molecule is CCCC(C)CCC.CCCCCSCCC.CCC\C=C(C(=C/N=C(C)Nc1cc(C(F)(F)F)cc(C(F)(F)F)c1)/C(C)=C/CCC)\c1ccc(CC)cc1. The van der Waals surface area contributed by atoms with Crippen molar-refractivity contribution in [3.63, 3.8) is 0 Å². The summed E-state index contributed by atoms with van der Waals surface area (Å²) in [5.74, 6) is 3.84. The van der Waals surface area contributed by atoms with E-state index in [-0.39, 0.29) is 17.6 Å². The Kier molecular flexibility index (Phi) is 28.6. The molecule has 2 rings (SSSR count). The second-order valence-corrected chi connectivity index (χ2v) is 15.5. The number of halogens is 6. The summed E-state index contributed by atoms with van der Waals surface area (Å²) in [5.41, 5.74) is 1.88. The Labute approximate surface area is 341 Å². The summed E-state index contributed by atoms with van der Waals surface area (Å²) >= 11 is 2.09. The van der Waals surface area contributed by atoms with Gasteiger partial charge in [-0.25, -0.2) is 4.99 Å². The number of nitrogens with one attached hydrogen (secondary N) is 1. The first-order valence-corrected chi connectivity index (χ1v) is 22.0. The normalized spacial score (nSPS) is 12.9. The fraction of sp³-hybridized carbons (Fsp3) is 0.596. The van der Waals surface area contributed by atoms with Crippen LogP contribution in [0.15, 0.2) is 77.0 Å². The number of amidine groups is 1. The van der Waals surface area contributed by atoms with Gasteiger partial charge < -0.3 is 5.32 Å². The molecule has 0 saturated heterocycles. The van der Waals surface area contributed by atoms with Gasteiger partial charge in [-0.3, -0.25) is 0 Å². The molecule has 0 atom stereocenters. The standard InChI is InChI=1S/C31H36F6N2.C8H18S.C8H18/c1-6-9-11-21(4)29(28(12-10-7-2)24-15-13-23(8-3)14-16-24)20-38-22(5)39-27-18-25(30(32,33)34)17-26(19-27)31(35,36)37;1-3-5-6-8-9-7-4-2;1-4-6-8(3)7-5-2/h11-20H,6-10H2,1-5H3,(H,38,39);3-8H2,1-2H3;8H,4-7H2,1-3H3/b21-11+,28-12-,29-20+;;. The minimum absolute atomic E-state index is 0.103. The van der Waals surface area contributed by atoms with Crippen molar-refractivity contribution in [1.29, 1.82) is 0 Å². The van der Waals surface area contributed by atoms with E-state index in [1.54, 1.807) is 6.20 Å². The quantitative estimate of drug-likeness (QED) is 0.0474. The van der Waals surface area contributed by atoms with E-state index in [1.807, 2.05) is 6.92 Å². The smallest absolute Gasteiger partial charge is 0.344 e. The number of rotatable bonds is 20. The van der Waals surface area contributed by atoms with Crippen LogP contribution >= 0.6 is 11.8 Å². The topological polar surface area (TPSA) is 24.4 Å². The molecule has 318 valence electrons. The highest BCUT2D eigenvalue weighted by Crippen LogP contribution is 2.38. The lowest BCUT2D eigenvalue weighted by Crippen LogP contribution is -2.14. The Hall–Kier alpha value is -2.94. The zero-order valence-corrected chi connectivity index (χ0v) is 36.9. The van der Waals surface area contributed by atoms with Gasteiger partial charge in [-0.1, -0.05) is 143 Å². The average Bonchev–Trinajstić information content (AvgIpc) is 3.15. The van der Waals surface area contributed by atoms with Crippen molar-refractivity contribution in [1.82, 2.24) is 0 Å². The van der Waals surface area contributed by atoms with Crippen LogP contribution in [-0.4, -0.2) is 17.3 Å². The molecule has 0 spiro atoms. The molecule has 2 aromatic rings. The number of alkyl halides is 6. The number of aryl methyl sites for hydroxylation is 1. The van der Waals surface area contributed by atoms with E-state index in [9.17, 15) is 26.3 Å². The second-order valence-electron chi connectivity index (χ2n) is 14.3. The van der Waals surface area contributed by atoms with E-state index in [4.69, 9.17) is 0 Å². The molecular formula is C47H72F6N2S. The summed E-state index contributed by atoms with van der Waals surface area (Å²) in [6.07, 6.45) is 11.5. The molecule has 1 N–H and O–H groups in total. The second kappa shape index (κ2) is 30.2. The summed E-state index contributed by atoms with van der Waals surface area (Å²) in [7, 11) is 0. The van der Waals surface area contributed by atoms with Gasteiger partial charge in [0.05, 0.1) is 11.1 Å². The molecule has 0 amide bonds. The Morgan fingerprint density at radius 2 is 1.25 bits per heavy atom. The van der Waals surface area contributed by atoms with Crippen LogP contribution in [0.25, 0.3) is 5.57 Å². The van der Waals surface area contributed by atoms with Crippen molar-refractivity contribution in [2.45, 2.75) is 165 Å². The molecule has 0 fully saturated rings. The highest BCUT2D eigenvalue weighted by Gasteiger charge is 2.37. The number of nitrogens with zero attached hydrogens (tertiary/aromatic N) is 1. The first-order chi connectivity index (χ1) is 26.5. The van der Waals surface area contributed by atoms with Crippen LogP contribution in [0.4, 0.5) is 32.0 Å². The number of thioether (sulfide) groups is 1. The molecule has 0 radical (unpaired) electrons. The molecule has 2 nitrogen and oxygen atoms in total. The maximum atomic E-state index is 13.3. The van der Waals surface area contributed by atoms with E-state index in [0.717, 1.165) is 60.3 Å². The van der Waals surface area contributed by atoms with E-state index in [1.165, 1.54) is 75.4 Å². The number of unbranched alkanes of at least 4 members (excludes halogenated alkanes) is 4. The molecular weight excluding hydrogens is 739 g/mol. The van der Waals surface area contributed by atoms with Crippen LogP contribution in [0.1, 0.15) is 169 Å². The third-order valence-corrected chi connectivity index (χ3v) is 10.1. The van der Waals surface area contributed by atoms with E-state index in [0.29, 0.717) is 12.1 Å². The molecule has 56 heavy (non-hydrogen) atoms. The Morgan fingerprint density at radius 1 is 0.696 bits per heavy atom. The van der Waals surface area contributed by atoms with Gasteiger partial charge in [-0.15, -0.1) is 0 Å². The van der Waals surface area contributed by atoms with Crippen LogP contribution in [0.5, 0.6) is 0 Å². The minimum atomic E-state index is -4.93. The fourth-order valence-electron chi connectivity index (χ4n) is 5.71. The maximum Gasteiger partial charge on any atom is 0.416 e. The lowest BCUT2D eigenvalue weighted by Gasteiger charge is -2.16. The van der Waals surface area contributed by atoms with Gasteiger partial charge in [-0.05, 0) is 104 Å². The van der Waals surface area contributed by atoms with Crippen LogP contribution in [-0.2, 0) is 18.8 Å². The van der Waals surface area contributed by atoms with Gasteiger partial charge in [0.2, 0.25) is 0 Å². The van der Waals surface area contributed by atoms with Crippen LogP contribution in [0.2, 0.25) is 0 Å². The van der Waals surface area contributed by atoms with Crippen molar-refractivity contribution < 1.29 is 26.3 Å². The summed E-state index contributed by atoms with van der Waals surface area (Å²) in [6.45, 7) is 21.1. The van der Waals surface area contributed by atoms with Crippen molar-refractivity contribution >= 4 is 28.9 Å². The van der Waals surface area contributed by atoms with Crippen molar-refractivity contribution in [2.24, 2.45) is 10.9 Å². The lowest BCUT2D eigenvalue weighted by molar-refractivity contribution is -0.143. The highest BCUT2D eigenvalue weighted by molar-refractivity contribution is 7.99. The van der Waals surface area contributed by atoms with Gasteiger partial charge in [0.25, 0.3) is 0 Å². The number of allylic oxidation sites excluding steroid dienone is 5. The summed E-state index contributed by atoms with van der Waals surface area (Å²) in [5, 5.41) is 2.61. The average molecular weight is 811 g/mol. The number of hydrogen-bond acceptors (Lipinski definition) is 2. The summed E-state index contributed by atoms with van der Waals surface area (Å²) < 4.78 is 79.6. The van der Waals surface area contributed by atoms with E-state index in [2.05, 4.69) is 114 Å². The van der Waals surface area contributed by atoms with Crippen LogP contribution in [0, 0.1) is 5.92 Å². The minimum Gasteiger partial charge on any atom is -0.344 e. The first-order valence-electron chi connectivity index (χ1n) is 20.9. The summed E-state index contributed by atoms with van der Waals surface area (Å²) in [4.78, 5) is 4.42. The van der Waals surface area contributed by atoms with Crippen LogP contribution < -0.4 is 5.32 Å². The van der Waals surface area contributed by atoms with Gasteiger partial charge >= 0.3 is 12.4 Å². The zero-order chi connectivity index (χ0) is 42.6. The van der Waals surface area contributed by atoms with E-state index >= 15 is 0 Å². The predicted octanol–water partition coefficient (Wildman–Crippen LogP) is 17.2. The lowest BCUT2D eigenvalue weighted by atomic mass is 9.91. The predicted molar refractivity (Wildman–Crippen MR) is 235 cm³/mol. The largest absolute Gasteiger partial charge is 0.416 e. The molecule has 0 aliphatic carbocycles. The van der Waals surface area contributed by atoms with Gasteiger partial charge in [0.15, 0.2) is 0 Å². The molecule has 0 bridgehead atoms. The third kappa shape index (κ3) is 23.3. The molecule has 2 aromatic carbocycles. The van der Waals surface area contributed by atoms with Crippen molar-refractivity contribution in [3.8, 4) is 0 Å². The van der Waals surface area contributed by atoms with Crippen molar-refractivity contribution in [3.05, 3.63) is 94.2 Å². The van der Waals surface area contributed by atoms with Gasteiger partial charge in [0.1, 0.15) is 5.84 Å². The van der Waals surface area contributed by atoms with Crippen molar-refractivity contribution in [2.75, 3.05) is 16.8 Å². The Bertz CT molecular complexity index is 1410. The van der Waals surface area contributed by atoms with Crippen LogP contribution in [0.3, 0.4) is 0 Å². The molecule has 0 heterocycles. The molecule has 0 aliphatic heterocycles. The van der Waals surface area contributed by atoms with Gasteiger partial charge in [-0.2, -0.15) is 38.1 Å². The Balaban J connectivity index is 0.00000147. The zero-order valence-electron chi connectivity index (χ0n) is 36.1. The first kappa shape index (κ1) is 53.1. The van der Waals surface area contributed by atoms with Gasteiger partial charge in [0, 0.05) is 17.5 Å².